The van der Waals surface area contributed by atoms with Crippen LogP contribution in [0.4, 0.5) is 0 Å². The van der Waals surface area contributed by atoms with Crippen LogP contribution in [0.15, 0.2) is 28.7 Å². The van der Waals surface area contributed by atoms with E-state index in [9.17, 15) is 0 Å². The quantitative estimate of drug-likeness (QED) is 0.896. The molecule has 4 nitrogen and oxygen atoms in total. The lowest BCUT2D eigenvalue weighted by Gasteiger charge is -2.34. The topological polar surface area (TPSA) is 47.7 Å². The summed E-state index contributed by atoms with van der Waals surface area (Å²) < 4.78 is 12.4. The van der Waals surface area contributed by atoms with E-state index >= 15 is 0 Å². The van der Waals surface area contributed by atoms with Gasteiger partial charge in [0.1, 0.15) is 12.4 Å². The van der Waals surface area contributed by atoms with E-state index in [0.29, 0.717) is 6.61 Å². The summed E-state index contributed by atoms with van der Waals surface area (Å²) in [6, 6.07) is 7.98. The van der Waals surface area contributed by atoms with Crippen LogP contribution in [-0.2, 0) is 4.74 Å². The molecule has 106 valence electrons. The number of hydrogen-bond acceptors (Lipinski definition) is 4. The molecule has 5 heteroatoms. The zero-order valence-electron chi connectivity index (χ0n) is 11.2. The molecule has 0 radical (unpaired) electrons. The van der Waals surface area contributed by atoms with E-state index in [1.165, 1.54) is 0 Å². The van der Waals surface area contributed by atoms with E-state index < -0.39 is 0 Å². The Balaban J connectivity index is 1.73. The molecule has 0 saturated carbocycles. The number of nitrogens with two attached hydrogens (primary N) is 1. The van der Waals surface area contributed by atoms with Crippen molar-refractivity contribution < 1.29 is 9.47 Å². The first kappa shape index (κ1) is 14.8. The van der Waals surface area contributed by atoms with Gasteiger partial charge in [0.25, 0.3) is 0 Å². The van der Waals surface area contributed by atoms with Gasteiger partial charge in [0.05, 0.1) is 12.7 Å². The Morgan fingerprint density at radius 1 is 1.58 bits per heavy atom. The summed E-state index contributed by atoms with van der Waals surface area (Å²) in [4.78, 5) is 2.34. The SMILES string of the molecule is CC(N)C1CN(CCOc2cccc(Br)c2)CCO1. The van der Waals surface area contributed by atoms with Gasteiger partial charge in [-0.2, -0.15) is 0 Å². The summed E-state index contributed by atoms with van der Waals surface area (Å²) in [5.74, 6) is 0.895. The second-order valence-electron chi connectivity index (χ2n) is 4.87. The highest BCUT2D eigenvalue weighted by Gasteiger charge is 2.22. The normalized spacial score (nSPS) is 22.2. The van der Waals surface area contributed by atoms with Gasteiger partial charge in [0.15, 0.2) is 0 Å². The van der Waals surface area contributed by atoms with Gasteiger partial charge in [-0.15, -0.1) is 0 Å². The molecule has 2 unspecified atom stereocenters. The van der Waals surface area contributed by atoms with Crippen molar-refractivity contribution >= 4 is 15.9 Å². The molecule has 0 aromatic heterocycles. The maximum atomic E-state index is 5.88. The molecule has 0 spiro atoms. The van der Waals surface area contributed by atoms with Crippen LogP contribution in [0.25, 0.3) is 0 Å². The Bertz CT molecular complexity index is 401. The Hall–Kier alpha value is -0.620. The van der Waals surface area contributed by atoms with Crippen molar-refractivity contribution in [2.24, 2.45) is 5.73 Å². The van der Waals surface area contributed by atoms with Crippen LogP contribution in [0.5, 0.6) is 5.75 Å². The minimum absolute atomic E-state index is 0.0776. The highest BCUT2D eigenvalue weighted by Crippen LogP contribution is 2.17. The number of rotatable bonds is 5. The maximum absolute atomic E-state index is 5.88. The molecule has 19 heavy (non-hydrogen) atoms. The second kappa shape index (κ2) is 7.24. The van der Waals surface area contributed by atoms with Crippen molar-refractivity contribution in [2.45, 2.75) is 19.1 Å². The van der Waals surface area contributed by atoms with Gasteiger partial charge in [-0.1, -0.05) is 22.0 Å². The lowest BCUT2D eigenvalue weighted by atomic mass is 10.1. The molecule has 0 bridgehead atoms. The zero-order chi connectivity index (χ0) is 13.7. The van der Waals surface area contributed by atoms with Crippen LogP contribution in [0.2, 0.25) is 0 Å². The van der Waals surface area contributed by atoms with Gasteiger partial charge in [-0.3, -0.25) is 4.90 Å². The molecule has 1 saturated heterocycles. The molecule has 1 aromatic rings. The van der Waals surface area contributed by atoms with E-state index in [1.54, 1.807) is 0 Å². The first-order chi connectivity index (χ1) is 9.15. The highest BCUT2D eigenvalue weighted by atomic mass is 79.9. The molecule has 1 aromatic carbocycles. The number of morpholine rings is 1. The van der Waals surface area contributed by atoms with E-state index in [2.05, 4.69) is 20.8 Å². The van der Waals surface area contributed by atoms with E-state index in [-0.39, 0.29) is 12.1 Å². The Morgan fingerprint density at radius 3 is 3.16 bits per heavy atom. The summed E-state index contributed by atoms with van der Waals surface area (Å²) >= 11 is 3.43. The van der Waals surface area contributed by atoms with Crippen LogP contribution in [0.3, 0.4) is 0 Å². The fourth-order valence-corrected chi connectivity index (χ4v) is 2.48. The maximum Gasteiger partial charge on any atom is 0.120 e. The third kappa shape index (κ3) is 4.76. The molecule has 0 aliphatic carbocycles. The van der Waals surface area contributed by atoms with Crippen LogP contribution in [0, 0.1) is 0 Å². The molecule has 1 aliphatic rings. The molecular weight excluding hydrogens is 308 g/mol. The average Bonchev–Trinajstić information content (AvgIpc) is 2.39. The van der Waals surface area contributed by atoms with Gasteiger partial charge in [0.2, 0.25) is 0 Å². The molecule has 2 rings (SSSR count). The Kier molecular flexibility index (Phi) is 5.63. The summed E-state index contributed by atoms with van der Waals surface area (Å²) in [7, 11) is 0. The number of benzene rings is 1. The number of nitrogens with zero attached hydrogens (tertiary/aromatic N) is 1. The van der Waals surface area contributed by atoms with Crippen molar-refractivity contribution in [1.82, 2.24) is 4.90 Å². The van der Waals surface area contributed by atoms with Crippen LogP contribution < -0.4 is 10.5 Å². The van der Waals surface area contributed by atoms with Crippen LogP contribution in [-0.4, -0.2) is 49.9 Å². The summed E-state index contributed by atoms with van der Waals surface area (Å²) in [6.07, 6.45) is 0.139. The number of hydrogen-bond donors (Lipinski definition) is 1. The van der Waals surface area contributed by atoms with Crippen molar-refractivity contribution in [3.8, 4) is 5.75 Å². The Morgan fingerprint density at radius 2 is 2.42 bits per heavy atom. The van der Waals surface area contributed by atoms with Crippen LogP contribution in [0.1, 0.15) is 6.92 Å². The van der Waals surface area contributed by atoms with Gasteiger partial charge < -0.3 is 15.2 Å². The molecular formula is C14H21BrN2O2. The van der Waals surface area contributed by atoms with Crippen molar-refractivity contribution in [3.63, 3.8) is 0 Å². The van der Waals surface area contributed by atoms with Crippen molar-refractivity contribution in [2.75, 3.05) is 32.8 Å². The van der Waals surface area contributed by atoms with Crippen LogP contribution >= 0.6 is 15.9 Å². The second-order valence-corrected chi connectivity index (χ2v) is 5.79. The van der Waals surface area contributed by atoms with Crippen molar-refractivity contribution in [3.05, 3.63) is 28.7 Å². The predicted molar refractivity (Wildman–Crippen MR) is 79.5 cm³/mol. The minimum atomic E-state index is 0.0776. The Labute approximate surface area is 123 Å². The number of ether oxygens (including phenoxy) is 2. The molecule has 1 heterocycles. The fourth-order valence-electron chi connectivity index (χ4n) is 2.10. The first-order valence-electron chi connectivity index (χ1n) is 6.63. The smallest absolute Gasteiger partial charge is 0.120 e. The summed E-state index contributed by atoms with van der Waals surface area (Å²) in [6.45, 7) is 6.17. The molecule has 2 atom stereocenters. The van der Waals surface area contributed by atoms with E-state index in [1.807, 2.05) is 31.2 Å². The average molecular weight is 329 g/mol. The van der Waals surface area contributed by atoms with Crippen molar-refractivity contribution in [1.29, 1.82) is 0 Å². The fraction of sp³-hybridized carbons (Fsp3) is 0.571. The molecule has 1 aliphatic heterocycles. The third-order valence-corrected chi connectivity index (χ3v) is 3.73. The summed E-state index contributed by atoms with van der Waals surface area (Å²) in [5.41, 5.74) is 5.88. The predicted octanol–water partition coefficient (Wildman–Crippen LogP) is 1.88. The van der Waals surface area contributed by atoms with Gasteiger partial charge in [-0.05, 0) is 25.1 Å². The largest absolute Gasteiger partial charge is 0.492 e. The lowest BCUT2D eigenvalue weighted by molar-refractivity contribution is -0.0402. The lowest BCUT2D eigenvalue weighted by Crippen LogP contribution is -2.50. The molecule has 2 N–H and O–H groups in total. The third-order valence-electron chi connectivity index (χ3n) is 3.24. The molecule has 1 fully saturated rings. The number of halogens is 1. The van der Waals surface area contributed by atoms with Gasteiger partial charge >= 0.3 is 0 Å². The minimum Gasteiger partial charge on any atom is -0.492 e. The van der Waals surface area contributed by atoms with E-state index in [4.69, 9.17) is 15.2 Å². The zero-order valence-corrected chi connectivity index (χ0v) is 12.8. The van der Waals surface area contributed by atoms with Gasteiger partial charge in [-0.25, -0.2) is 0 Å². The summed E-state index contributed by atoms with van der Waals surface area (Å²) in [5, 5.41) is 0. The monoisotopic (exact) mass is 328 g/mol. The van der Waals surface area contributed by atoms with E-state index in [0.717, 1.165) is 36.5 Å². The first-order valence-corrected chi connectivity index (χ1v) is 7.42. The standard InChI is InChI=1S/C14H21BrN2O2/c1-11(16)14-10-17(6-8-19-14)5-7-18-13-4-2-3-12(15)9-13/h2-4,9,11,14H,5-8,10,16H2,1H3. The molecule has 0 amide bonds. The highest BCUT2D eigenvalue weighted by molar-refractivity contribution is 9.10. The van der Waals surface area contributed by atoms with Gasteiger partial charge in [0, 0.05) is 30.1 Å².